The average Bonchev–Trinajstić information content (AvgIpc) is 3.14. The Bertz CT molecular complexity index is 2900. The molecule has 0 saturated heterocycles. The SMILES string of the molecule is O=C(O)c1cc(Cl)c(-c2c3cc(-c4ccc5ccccc5c4)c(=O)c(F)c-3oc3c(F)c(O)c(-c4ccc5ccccc5c4)cc23)c(C(=O)O)c1Cl. The molecule has 52 heavy (non-hydrogen) atoms. The number of benzene rings is 7. The predicted octanol–water partition coefficient (Wildman–Crippen LogP) is 10.9. The van der Waals surface area contributed by atoms with E-state index in [1.54, 1.807) is 42.5 Å². The van der Waals surface area contributed by atoms with Crippen molar-refractivity contribution in [2.45, 2.75) is 0 Å². The Balaban J connectivity index is 1.56. The fourth-order valence-electron chi connectivity index (χ4n) is 6.70. The van der Waals surface area contributed by atoms with E-state index in [1.807, 2.05) is 42.5 Å². The predicted molar refractivity (Wildman–Crippen MR) is 196 cm³/mol. The molecule has 0 bridgehead atoms. The molecule has 0 radical (unpaired) electrons. The van der Waals surface area contributed by atoms with Gasteiger partial charge in [-0.1, -0.05) is 96.0 Å². The maximum absolute atomic E-state index is 16.4. The van der Waals surface area contributed by atoms with Crippen LogP contribution >= 0.6 is 23.2 Å². The van der Waals surface area contributed by atoms with Gasteiger partial charge in [-0.05, 0) is 63.0 Å². The number of halogens is 4. The molecule has 0 unspecified atom stereocenters. The average molecular weight is 734 g/mol. The lowest BCUT2D eigenvalue weighted by atomic mass is 9.86. The number of carboxylic acids is 2. The van der Waals surface area contributed by atoms with Gasteiger partial charge in [0.15, 0.2) is 17.1 Å². The Morgan fingerprint density at radius 1 is 0.635 bits per heavy atom. The van der Waals surface area contributed by atoms with Crippen LogP contribution in [-0.2, 0) is 0 Å². The summed E-state index contributed by atoms with van der Waals surface area (Å²) in [5.41, 5.74) is -3.57. The molecule has 0 fully saturated rings. The molecule has 1 heterocycles. The van der Waals surface area contributed by atoms with Crippen molar-refractivity contribution in [2.75, 3.05) is 0 Å². The standard InChI is InChI=1S/C41H20Cl2F2O7/c42-29-17-28(40(48)49)33(43)32(41(50)51)31(29)30-26-15-24(22-11-9-18-5-1-3-7-20(18)13-22)36(46)34(44)38(26)52-39-27(30)16-25(37(47)35(39)45)23-12-10-19-6-2-4-8-21(19)14-23/h1-17,46H,(H,48,49)(H,50,51). The molecular weight excluding hydrogens is 713 g/mol. The van der Waals surface area contributed by atoms with Crippen LogP contribution in [0.5, 0.6) is 5.75 Å². The number of phenolic OH excluding ortho intramolecular Hbond substituents is 1. The summed E-state index contributed by atoms with van der Waals surface area (Å²) in [7, 11) is 0. The molecule has 6 aromatic carbocycles. The van der Waals surface area contributed by atoms with Crippen molar-refractivity contribution >= 4 is 67.7 Å². The summed E-state index contributed by atoms with van der Waals surface area (Å²) >= 11 is 13.1. The third-order valence-electron chi connectivity index (χ3n) is 9.15. The number of phenols is 1. The first-order valence-corrected chi connectivity index (χ1v) is 16.3. The summed E-state index contributed by atoms with van der Waals surface area (Å²) in [5, 5.41) is 33.3. The highest BCUT2D eigenvalue weighted by Gasteiger charge is 2.33. The van der Waals surface area contributed by atoms with Crippen molar-refractivity contribution in [3.63, 3.8) is 0 Å². The van der Waals surface area contributed by atoms with Gasteiger partial charge in [0.2, 0.25) is 17.1 Å². The Morgan fingerprint density at radius 3 is 1.79 bits per heavy atom. The first-order valence-electron chi connectivity index (χ1n) is 15.6. The molecule has 0 amide bonds. The van der Waals surface area contributed by atoms with Gasteiger partial charge in [-0.3, -0.25) is 4.79 Å². The number of aromatic hydroxyl groups is 1. The van der Waals surface area contributed by atoms with E-state index in [0.717, 1.165) is 27.6 Å². The highest BCUT2D eigenvalue weighted by Crippen LogP contribution is 2.50. The summed E-state index contributed by atoms with van der Waals surface area (Å²) in [6.07, 6.45) is 0. The summed E-state index contributed by atoms with van der Waals surface area (Å²) in [6.45, 7) is 0. The molecule has 6 aromatic rings. The fraction of sp³-hybridized carbons (Fsp3) is 0. The van der Waals surface area contributed by atoms with Gasteiger partial charge in [0.05, 0.1) is 21.2 Å². The van der Waals surface area contributed by atoms with Gasteiger partial charge in [-0.2, -0.15) is 8.78 Å². The Labute approximate surface area is 301 Å². The highest BCUT2D eigenvalue weighted by molar-refractivity contribution is 6.41. The maximum atomic E-state index is 16.4. The molecule has 254 valence electrons. The van der Waals surface area contributed by atoms with Gasteiger partial charge in [-0.25, -0.2) is 9.59 Å². The van der Waals surface area contributed by atoms with Crippen LogP contribution in [0.4, 0.5) is 8.78 Å². The van der Waals surface area contributed by atoms with Gasteiger partial charge in [0.25, 0.3) is 0 Å². The van der Waals surface area contributed by atoms with Gasteiger partial charge in [0, 0.05) is 33.2 Å². The second-order valence-corrected chi connectivity index (χ2v) is 12.9. The molecule has 1 aliphatic carbocycles. The normalized spacial score (nSPS) is 11.5. The quantitative estimate of drug-likeness (QED) is 0.150. The number of hydrogen-bond acceptors (Lipinski definition) is 5. The van der Waals surface area contributed by atoms with Gasteiger partial charge in [-0.15, -0.1) is 0 Å². The van der Waals surface area contributed by atoms with Gasteiger partial charge in [0.1, 0.15) is 0 Å². The van der Waals surface area contributed by atoms with Gasteiger partial charge < -0.3 is 19.7 Å². The number of hydrogen-bond donors (Lipinski definition) is 3. The first kappa shape index (κ1) is 32.9. The summed E-state index contributed by atoms with van der Waals surface area (Å²) in [6, 6.07) is 28.4. The van der Waals surface area contributed by atoms with Crippen molar-refractivity contribution < 1.29 is 38.1 Å². The number of carbonyl (C=O) groups is 2. The Morgan fingerprint density at radius 2 is 1.21 bits per heavy atom. The van der Waals surface area contributed by atoms with Crippen molar-refractivity contribution in [3.05, 3.63) is 146 Å². The van der Waals surface area contributed by atoms with Crippen LogP contribution in [0.25, 0.3) is 77.2 Å². The molecule has 7 nitrogen and oxygen atoms in total. The summed E-state index contributed by atoms with van der Waals surface area (Å²) in [4.78, 5) is 38.6. The largest absolute Gasteiger partial charge is 0.504 e. The molecule has 0 saturated carbocycles. The number of rotatable bonds is 5. The van der Waals surface area contributed by atoms with E-state index in [0.29, 0.717) is 11.1 Å². The number of carboxylic acid groups (broad SMARTS) is 2. The molecule has 3 N–H and O–H groups in total. The lowest BCUT2D eigenvalue weighted by molar-refractivity contribution is 0.0696. The minimum Gasteiger partial charge on any atom is -0.504 e. The van der Waals surface area contributed by atoms with Crippen LogP contribution in [-0.4, -0.2) is 27.3 Å². The molecule has 0 atom stereocenters. The van der Waals surface area contributed by atoms with Crippen molar-refractivity contribution in [3.8, 4) is 50.5 Å². The summed E-state index contributed by atoms with van der Waals surface area (Å²) < 4.78 is 38.5. The number of fused-ring (bicyclic) bond motifs is 4. The van der Waals surface area contributed by atoms with E-state index in [4.69, 9.17) is 27.6 Å². The minimum atomic E-state index is -1.70. The van der Waals surface area contributed by atoms with Crippen molar-refractivity contribution in [2.24, 2.45) is 0 Å². The topological polar surface area (TPSA) is 125 Å². The van der Waals surface area contributed by atoms with E-state index in [9.17, 15) is 29.7 Å². The van der Waals surface area contributed by atoms with Crippen molar-refractivity contribution in [1.82, 2.24) is 0 Å². The van der Waals surface area contributed by atoms with E-state index in [-0.39, 0.29) is 27.6 Å². The van der Waals surface area contributed by atoms with E-state index in [2.05, 4.69) is 0 Å². The van der Waals surface area contributed by atoms with Crippen molar-refractivity contribution in [1.29, 1.82) is 0 Å². The molecule has 8 rings (SSSR count). The smallest absolute Gasteiger partial charge is 0.337 e. The van der Waals surface area contributed by atoms with E-state index in [1.165, 1.54) is 12.1 Å². The fourth-order valence-corrected chi connectivity index (χ4v) is 7.31. The molecule has 0 spiro atoms. The van der Waals surface area contributed by atoms with E-state index >= 15 is 8.78 Å². The second kappa shape index (κ2) is 12.2. The minimum absolute atomic E-state index is 0.0385. The Kier molecular flexibility index (Phi) is 7.71. The van der Waals surface area contributed by atoms with Crippen LogP contribution < -0.4 is 5.43 Å². The van der Waals surface area contributed by atoms with Crippen LogP contribution in [0, 0.1) is 11.6 Å². The third-order valence-corrected chi connectivity index (χ3v) is 9.84. The second-order valence-electron chi connectivity index (χ2n) is 12.1. The van der Waals surface area contributed by atoms with E-state index < -0.39 is 72.8 Å². The lowest BCUT2D eigenvalue weighted by Gasteiger charge is -2.21. The molecule has 0 aromatic heterocycles. The lowest BCUT2D eigenvalue weighted by Crippen LogP contribution is -2.14. The highest BCUT2D eigenvalue weighted by atomic mass is 35.5. The van der Waals surface area contributed by atoms with Gasteiger partial charge >= 0.3 is 11.9 Å². The zero-order valence-corrected chi connectivity index (χ0v) is 27.8. The molecule has 2 aliphatic rings. The third kappa shape index (κ3) is 5.05. The van der Waals surface area contributed by atoms with Crippen LogP contribution in [0.3, 0.4) is 0 Å². The maximum Gasteiger partial charge on any atom is 0.337 e. The summed E-state index contributed by atoms with van der Waals surface area (Å²) in [5.74, 6) is -7.67. The first-order chi connectivity index (χ1) is 24.9. The zero-order valence-electron chi connectivity index (χ0n) is 26.3. The van der Waals surface area contributed by atoms with Crippen LogP contribution in [0.15, 0.2) is 112 Å². The zero-order chi connectivity index (χ0) is 36.6. The monoisotopic (exact) mass is 732 g/mol. The molecule has 11 heteroatoms. The molecular formula is C41H20Cl2F2O7. The van der Waals surface area contributed by atoms with Crippen LogP contribution in [0.2, 0.25) is 10.0 Å². The van der Waals surface area contributed by atoms with Crippen LogP contribution in [0.1, 0.15) is 20.7 Å². The number of aromatic carboxylic acids is 2. The molecule has 1 aliphatic heterocycles. The Hall–Kier alpha value is -6.29.